The second-order valence-corrected chi connectivity index (χ2v) is 2.82. The Labute approximate surface area is 83.0 Å². The van der Waals surface area contributed by atoms with Gasteiger partial charge >= 0.3 is 17.9 Å². The summed E-state index contributed by atoms with van der Waals surface area (Å²) in [6, 6.07) is 3.63. The summed E-state index contributed by atoms with van der Waals surface area (Å²) in [5.41, 5.74) is 0.0419. The lowest BCUT2D eigenvalue weighted by atomic mass is 10.1. The van der Waals surface area contributed by atoms with Crippen molar-refractivity contribution in [1.29, 1.82) is 0 Å². The zero-order valence-corrected chi connectivity index (χ0v) is 7.22. The average Bonchev–Trinajstić information content (AvgIpc) is 2.53. The summed E-state index contributed by atoms with van der Waals surface area (Å²) in [4.78, 5) is 36.5. The molecule has 6 nitrogen and oxygen atoms in total. The fraction of sp³-hybridized carbons (Fsp3) is 0. The lowest BCUT2D eigenvalue weighted by Gasteiger charge is -1.97. The van der Waals surface area contributed by atoms with Gasteiger partial charge in [-0.1, -0.05) is 0 Å². The predicted molar refractivity (Wildman–Crippen MR) is 44.2 cm³/mol. The summed E-state index contributed by atoms with van der Waals surface area (Å²) < 4.78 is 4.31. The number of rotatable bonds is 1. The molecule has 0 amide bonds. The molecule has 0 aromatic heterocycles. The quantitative estimate of drug-likeness (QED) is 0.315. The Morgan fingerprint density at radius 3 is 2.53 bits per heavy atom. The molecule has 76 valence electrons. The maximum absolute atomic E-state index is 11.1. The van der Waals surface area contributed by atoms with Crippen LogP contribution in [0, 0.1) is 0 Å². The molecule has 2 rings (SSSR count). The molecule has 0 spiro atoms. The Balaban J connectivity index is 2.52. The van der Waals surface area contributed by atoms with Crippen LogP contribution >= 0.6 is 0 Å². The zero-order valence-electron chi connectivity index (χ0n) is 7.22. The molecule has 0 unspecified atom stereocenters. The van der Waals surface area contributed by atoms with Crippen molar-refractivity contribution < 1.29 is 29.3 Å². The van der Waals surface area contributed by atoms with Gasteiger partial charge in [0, 0.05) is 0 Å². The molecule has 15 heavy (non-hydrogen) atoms. The van der Waals surface area contributed by atoms with Crippen LogP contribution in [-0.4, -0.2) is 23.2 Å². The molecule has 0 fully saturated rings. The van der Waals surface area contributed by atoms with Gasteiger partial charge < -0.3 is 4.74 Å². The van der Waals surface area contributed by atoms with Gasteiger partial charge in [-0.05, 0) is 18.2 Å². The van der Waals surface area contributed by atoms with Crippen molar-refractivity contribution in [2.45, 2.75) is 0 Å². The van der Waals surface area contributed by atoms with E-state index < -0.39 is 17.9 Å². The van der Waals surface area contributed by atoms with Crippen LogP contribution in [0.15, 0.2) is 18.2 Å². The van der Waals surface area contributed by atoms with Gasteiger partial charge in [-0.25, -0.2) is 14.4 Å². The van der Waals surface area contributed by atoms with Crippen molar-refractivity contribution >= 4 is 17.9 Å². The van der Waals surface area contributed by atoms with Crippen LogP contribution < -0.4 is 0 Å². The van der Waals surface area contributed by atoms with Crippen LogP contribution in [0.1, 0.15) is 31.1 Å². The lowest BCUT2D eigenvalue weighted by Crippen LogP contribution is -2.03. The van der Waals surface area contributed by atoms with Gasteiger partial charge in [0.1, 0.15) is 0 Å². The van der Waals surface area contributed by atoms with Crippen LogP contribution in [0.5, 0.6) is 0 Å². The second kappa shape index (κ2) is 3.18. The lowest BCUT2D eigenvalue weighted by molar-refractivity contribution is -0.182. The first kappa shape index (κ1) is 9.35. The molecule has 0 aliphatic carbocycles. The smallest absolute Gasteiger partial charge is 0.372 e. The van der Waals surface area contributed by atoms with E-state index in [4.69, 9.17) is 5.26 Å². The molecule has 1 aliphatic heterocycles. The molecule has 0 saturated carbocycles. The molecule has 6 heteroatoms. The summed E-state index contributed by atoms with van der Waals surface area (Å²) in [7, 11) is 0. The van der Waals surface area contributed by atoms with Crippen molar-refractivity contribution in [2.75, 3.05) is 0 Å². The van der Waals surface area contributed by atoms with Gasteiger partial charge in [-0.2, -0.15) is 5.26 Å². The van der Waals surface area contributed by atoms with Gasteiger partial charge in [0.25, 0.3) is 0 Å². The van der Waals surface area contributed by atoms with E-state index in [9.17, 15) is 14.4 Å². The SMILES string of the molecule is O=C(OO)c1ccc2c(c1)C(=O)OC2=O. The third kappa shape index (κ3) is 1.36. The van der Waals surface area contributed by atoms with Crippen LogP contribution in [0.3, 0.4) is 0 Å². The minimum atomic E-state index is -1.01. The minimum absolute atomic E-state index is 0.0112. The Bertz CT molecular complexity index is 475. The van der Waals surface area contributed by atoms with E-state index in [1.807, 2.05) is 0 Å². The van der Waals surface area contributed by atoms with Crippen molar-refractivity contribution in [3.8, 4) is 0 Å². The Hall–Kier alpha value is -2.21. The normalized spacial score (nSPS) is 13.4. The minimum Gasteiger partial charge on any atom is -0.386 e. The molecule has 1 aliphatic rings. The number of cyclic esters (lactones) is 2. The highest BCUT2D eigenvalue weighted by Crippen LogP contribution is 2.21. The highest BCUT2D eigenvalue weighted by atomic mass is 17.1. The molecule has 0 radical (unpaired) electrons. The van der Waals surface area contributed by atoms with Gasteiger partial charge in [0.2, 0.25) is 0 Å². The molecule has 1 N–H and O–H groups in total. The van der Waals surface area contributed by atoms with E-state index in [1.54, 1.807) is 0 Å². The summed E-state index contributed by atoms with van der Waals surface area (Å²) in [5.74, 6) is -2.58. The molecule has 1 heterocycles. The van der Waals surface area contributed by atoms with Crippen LogP contribution in [0.2, 0.25) is 0 Å². The van der Waals surface area contributed by atoms with E-state index in [1.165, 1.54) is 12.1 Å². The zero-order chi connectivity index (χ0) is 11.0. The van der Waals surface area contributed by atoms with E-state index in [0.717, 1.165) is 6.07 Å². The molecule has 1 aromatic rings. The number of esters is 2. The fourth-order valence-electron chi connectivity index (χ4n) is 1.26. The van der Waals surface area contributed by atoms with Gasteiger partial charge in [-0.15, -0.1) is 0 Å². The average molecular weight is 208 g/mol. The molecule has 0 saturated heterocycles. The summed E-state index contributed by atoms with van der Waals surface area (Å²) in [6.07, 6.45) is 0. The molecule has 0 bridgehead atoms. The highest BCUT2D eigenvalue weighted by molar-refractivity contribution is 6.15. The third-order valence-electron chi connectivity index (χ3n) is 1.96. The number of carbonyl (C=O) groups excluding carboxylic acids is 3. The van der Waals surface area contributed by atoms with E-state index in [-0.39, 0.29) is 16.7 Å². The number of hydrogen-bond acceptors (Lipinski definition) is 6. The Morgan fingerprint density at radius 1 is 1.20 bits per heavy atom. The van der Waals surface area contributed by atoms with Gasteiger partial charge in [0.15, 0.2) is 0 Å². The van der Waals surface area contributed by atoms with E-state index >= 15 is 0 Å². The predicted octanol–water partition coefficient (Wildman–Crippen LogP) is 0.627. The maximum atomic E-state index is 11.1. The fourth-order valence-corrected chi connectivity index (χ4v) is 1.26. The summed E-state index contributed by atoms with van der Waals surface area (Å²) in [6.45, 7) is 0. The van der Waals surface area contributed by atoms with Crippen molar-refractivity contribution in [3.05, 3.63) is 34.9 Å². The maximum Gasteiger partial charge on any atom is 0.372 e. The first-order chi connectivity index (χ1) is 7.13. The van der Waals surface area contributed by atoms with Crippen molar-refractivity contribution in [3.63, 3.8) is 0 Å². The number of benzene rings is 1. The summed E-state index contributed by atoms with van der Waals surface area (Å²) in [5, 5.41) is 8.12. The van der Waals surface area contributed by atoms with E-state index in [2.05, 4.69) is 9.62 Å². The third-order valence-corrected chi connectivity index (χ3v) is 1.96. The monoisotopic (exact) mass is 208 g/mol. The topological polar surface area (TPSA) is 89.9 Å². The standard InChI is InChI=1S/C9H4O6/c10-7(15-13)4-1-2-5-6(3-4)9(12)14-8(5)11/h1-3,13H. The van der Waals surface area contributed by atoms with Gasteiger partial charge in [0.05, 0.1) is 16.7 Å². The number of hydrogen-bond donors (Lipinski definition) is 1. The van der Waals surface area contributed by atoms with Crippen LogP contribution in [0.4, 0.5) is 0 Å². The second-order valence-electron chi connectivity index (χ2n) is 2.82. The van der Waals surface area contributed by atoms with Crippen molar-refractivity contribution in [1.82, 2.24) is 0 Å². The molecule has 0 atom stereocenters. The number of fused-ring (bicyclic) bond motifs is 1. The van der Waals surface area contributed by atoms with Gasteiger partial charge in [-0.3, -0.25) is 4.89 Å². The molecular weight excluding hydrogens is 204 g/mol. The Morgan fingerprint density at radius 2 is 1.87 bits per heavy atom. The first-order valence-electron chi connectivity index (χ1n) is 3.90. The number of ether oxygens (including phenoxy) is 1. The largest absolute Gasteiger partial charge is 0.386 e. The Kier molecular flexibility index (Phi) is 1.98. The summed E-state index contributed by atoms with van der Waals surface area (Å²) >= 11 is 0. The van der Waals surface area contributed by atoms with Crippen LogP contribution in [-0.2, 0) is 9.62 Å². The molecule has 1 aromatic carbocycles. The highest BCUT2D eigenvalue weighted by Gasteiger charge is 2.30. The van der Waals surface area contributed by atoms with E-state index in [0.29, 0.717) is 0 Å². The first-order valence-corrected chi connectivity index (χ1v) is 3.90. The van der Waals surface area contributed by atoms with Crippen LogP contribution in [0.25, 0.3) is 0 Å². The number of carbonyl (C=O) groups is 3. The molecular formula is C9H4O6. The van der Waals surface area contributed by atoms with Crippen molar-refractivity contribution in [2.24, 2.45) is 0 Å².